The highest BCUT2D eigenvalue weighted by atomic mass is 16.5. The van der Waals surface area contributed by atoms with E-state index in [0.29, 0.717) is 5.69 Å². The molecule has 0 aliphatic rings. The molecule has 0 fully saturated rings. The molecule has 0 aliphatic carbocycles. The number of allylic oxidation sites excluding steroid dienone is 1. The third-order valence-electron chi connectivity index (χ3n) is 5.06. The lowest BCUT2D eigenvalue weighted by Gasteiger charge is -2.28. The first kappa shape index (κ1) is 18.8. The molecule has 27 heavy (non-hydrogen) atoms. The van der Waals surface area contributed by atoms with Crippen LogP contribution in [0.3, 0.4) is 0 Å². The van der Waals surface area contributed by atoms with E-state index in [4.69, 9.17) is 10.5 Å². The van der Waals surface area contributed by atoms with Crippen molar-refractivity contribution in [2.45, 2.75) is 25.7 Å². The average molecular weight is 361 g/mol. The van der Waals surface area contributed by atoms with Crippen LogP contribution >= 0.6 is 0 Å². The minimum atomic E-state index is -0.0310. The summed E-state index contributed by atoms with van der Waals surface area (Å²) in [5.74, 6) is 0.796. The van der Waals surface area contributed by atoms with Crippen molar-refractivity contribution in [3.63, 3.8) is 0 Å². The standard InChI is InChI=1S/C24H28N2O/c1-24(2,15-7-9-18-11-13-19(25)16-22(18)27-4)23-20-10-6-5-8-17(20)12-14-21(23)26-3/h5-14,16,26H,15,25H2,1-4H3/b9-7+. The third kappa shape index (κ3) is 3.92. The van der Waals surface area contributed by atoms with Crippen LogP contribution in [0.4, 0.5) is 11.4 Å². The van der Waals surface area contributed by atoms with Gasteiger partial charge in [-0.05, 0) is 46.4 Å². The van der Waals surface area contributed by atoms with Crippen LogP contribution in [0, 0.1) is 0 Å². The zero-order valence-electron chi connectivity index (χ0n) is 16.5. The summed E-state index contributed by atoms with van der Waals surface area (Å²) in [5.41, 5.74) is 10.1. The summed E-state index contributed by atoms with van der Waals surface area (Å²) in [4.78, 5) is 0. The molecule has 0 amide bonds. The zero-order valence-corrected chi connectivity index (χ0v) is 16.5. The van der Waals surface area contributed by atoms with E-state index in [0.717, 1.165) is 17.7 Å². The van der Waals surface area contributed by atoms with Gasteiger partial charge in [-0.1, -0.05) is 56.3 Å². The second-order valence-electron chi connectivity index (χ2n) is 7.45. The highest BCUT2D eigenvalue weighted by molar-refractivity contribution is 5.91. The number of methoxy groups -OCH3 is 1. The Morgan fingerprint density at radius 2 is 1.85 bits per heavy atom. The summed E-state index contributed by atoms with van der Waals surface area (Å²) in [6.45, 7) is 4.58. The maximum absolute atomic E-state index is 5.85. The highest BCUT2D eigenvalue weighted by Gasteiger charge is 2.24. The van der Waals surface area contributed by atoms with E-state index in [9.17, 15) is 0 Å². The Kier molecular flexibility index (Phi) is 5.41. The molecule has 3 N–H and O–H groups in total. The van der Waals surface area contributed by atoms with Crippen molar-refractivity contribution >= 4 is 28.2 Å². The van der Waals surface area contributed by atoms with E-state index in [-0.39, 0.29) is 5.41 Å². The maximum Gasteiger partial charge on any atom is 0.128 e. The molecule has 3 heteroatoms. The number of ether oxygens (including phenoxy) is 1. The van der Waals surface area contributed by atoms with Gasteiger partial charge in [-0.2, -0.15) is 0 Å². The van der Waals surface area contributed by atoms with Crippen LogP contribution in [0.15, 0.2) is 60.7 Å². The number of fused-ring (bicyclic) bond motifs is 1. The van der Waals surface area contributed by atoms with E-state index in [1.807, 2.05) is 25.2 Å². The Bertz CT molecular complexity index is 973. The maximum atomic E-state index is 5.85. The number of rotatable bonds is 6. The molecule has 0 saturated carbocycles. The predicted molar refractivity (Wildman–Crippen MR) is 118 cm³/mol. The Morgan fingerprint density at radius 1 is 1.07 bits per heavy atom. The molecular weight excluding hydrogens is 332 g/mol. The minimum Gasteiger partial charge on any atom is -0.496 e. The Hall–Kier alpha value is -2.94. The van der Waals surface area contributed by atoms with Crippen molar-refractivity contribution in [3.8, 4) is 5.75 Å². The monoisotopic (exact) mass is 360 g/mol. The number of hydrogen-bond acceptors (Lipinski definition) is 3. The van der Waals surface area contributed by atoms with E-state index in [1.165, 1.54) is 22.0 Å². The molecule has 0 saturated heterocycles. The third-order valence-corrected chi connectivity index (χ3v) is 5.06. The lowest BCUT2D eigenvalue weighted by molar-refractivity contribution is 0.414. The van der Waals surface area contributed by atoms with E-state index in [1.54, 1.807) is 7.11 Å². The van der Waals surface area contributed by atoms with Crippen molar-refractivity contribution in [3.05, 3.63) is 71.8 Å². The minimum absolute atomic E-state index is 0.0310. The van der Waals surface area contributed by atoms with Gasteiger partial charge in [0.1, 0.15) is 5.75 Å². The molecule has 3 rings (SSSR count). The van der Waals surface area contributed by atoms with Crippen molar-refractivity contribution in [1.82, 2.24) is 0 Å². The van der Waals surface area contributed by atoms with Crippen LogP contribution < -0.4 is 15.8 Å². The lowest BCUT2D eigenvalue weighted by Crippen LogP contribution is -2.18. The predicted octanol–water partition coefficient (Wildman–Crippen LogP) is 5.85. The largest absolute Gasteiger partial charge is 0.496 e. The molecule has 3 aromatic carbocycles. The topological polar surface area (TPSA) is 47.3 Å². The van der Waals surface area contributed by atoms with Crippen LogP contribution in [0.5, 0.6) is 5.75 Å². The number of nitrogen functional groups attached to an aromatic ring is 1. The van der Waals surface area contributed by atoms with Gasteiger partial charge in [0.05, 0.1) is 7.11 Å². The van der Waals surface area contributed by atoms with Crippen molar-refractivity contribution in [1.29, 1.82) is 0 Å². The van der Waals surface area contributed by atoms with Gasteiger partial charge < -0.3 is 15.8 Å². The van der Waals surface area contributed by atoms with E-state index < -0.39 is 0 Å². The Labute approximate surface area is 161 Å². The van der Waals surface area contributed by atoms with Crippen LogP contribution in [0.25, 0.3) is 16.8 Å². The summed E-state index contributed by atoms with van der Waals surface area (Å²) < 4.78 is 5.45. The number of nitrogens with one attached hydrogen (secondary N) is 1. The first-order chi connectivity index (χ1) is 13.0. The Morgan fingerprint density at radius 3 is 2.59 bits per heavy atom. The van der Waals surface area contributed by atoms with Gasteiger partial charge in [-0.3, -0.25) is 0 Å². The van der Waals surface area contributed by atoms with Gasteiger partial charge >= 0.3 is 0 Å². The van der Waals surface area contributed by atoms with Crippen LogP contribution in [-0.4, -0.2) is 14.2 Å². The molecule has 0 aliphatic heterocycles. The quantitative estimate of drug-likeness (QED) is 0.542. The summed E-state index contributed by atoms with van der Waals surface area (Å²) >= 11 is 0. The number of anilines is 2. The second kappa shape index (κ2) is 7.75. The highest BCUT2D eigenvalue weighted by Crippen LogP contribution is 2.39. The van der Waals surface area contributed by atoms with Crippen molar-refractivity contribution < 1.29 is 4.74 Å². The first-order valence-corrected chi connectivity index (χ1v) is 9.26. The van der Waals surface area contributed by atoms with Gasteiger partial charge in [-0.25, -0.2) is 0 Å². The van der Waals surface area contributed by atoms with Gasteiger partial charge in [0.25, 0.3) is 0 Å². The fourth-order valence-corrected chi connectivity index (χ4v) is 3.66. The van der Waals surface area contributed by atoms with E-state index >= 15 is 0 Å². The SMILES string of the molecule is CNc1ccc2ccccc2c1C(C)(C)C/C=C/c1ccc(N)cc1OC. The van der Waals surface area contributed by atoms with Gasteiger partial charge in [0, 0.05) is 30.1 Å². The molecule has 0 aromatic heterocycles. The number of hydrogen-bond donors (Lipinski definition) is 2. The summed E-state index contributed by atoms with van der Waals surface area (Å²) in [5, 5.41) is 5.93. The summed E-state index contributed by atoms with van der Waals surface area (Å²) in [6, 6.07) is 18.7. The molecule has 0 spiro atoms. The molecule has 0 radical (unpaired) electrons. The molecule has 140 valence electrons. The lowest BCUT2D eigenvalue weighted by atomic mass is 9.78. The number of nitrogens with two attached hydrogens (primary N) is 1. The summed E-state index contributed by atoms with van der Waals surface area (Å²) in [6.07, 6.45) is 5.24. The molecule has 3 nitrogen and oxygen atoms in total. The molecule has 0 bridgehead atoms. The normalized spacial score (nSPS) is 11.9. The van der Waals surface area contributed by atoms with Gasteiger partial charge in [0.15, 0.2) is 0 Å². The molecule has 0 atom stereocenters. The molecule has 0 heterocycles. The van der Waals surface area contributed by atoms with Crippen molar-refractivity contribution in [2.24, 2.45) is 0 Å². The molecular formula is C24H28N2O. The second-order valence-corrected chi connectivity index (χ2v) is 7.45. The molecule has 0 unspecified atom stereocenters. The van der Waals surface area contributed by atoms with E-state index in [2.05, 4.69) is 67.7 Å². The first-order valence-electron chi connectivity index (χ1n) is 9.26. The van der Waals surface area contributed by atoms with Crippen LogP contribution in [0.1, 0.15) is 31.4 Å². The zero-order chi connectivity index (χ0) is 19.4. The van der Waals surface area contributed by atoms with Crippen LogP contribution in [-0.2, 0) is 5.41 Å². The van der Waals surface area contributed by atoms with Gasteiger partial charge in [-0.15, -0.1) is 0 Å². The molecule has 3 aromatic rings. The fourth-order valence-electron chi connectivity index (χ4n) is 3.66. The van der Waals surface area contributed by atoms with Gasteiger partial charge in [0.2, 0.25) is 0 Å². The van der Waals surface area contributed by atoms with Crippen molar-refractivity contribution in [2.75, 3.05) is 25.2 Å². The Balaban J connectivity index is 1.95. The van der Waals surface area contributed by atoms with Crippen LogP contribution in [0.2, 0.25) is 0 Å². The summed E-state index contributed by atoms with van der Waals surface area (Å²) in [7, 11) is 3.66. The number of benzene rings is 3. The fraction of sp³-hybridized carbons (Fsp3) is 0.250. The average Bonchev–Trinajstić information content (AvgIpc) is 2.67. The smallest absolute Gasteiger partial charge is 0.128 e.